The third-order valence-electron chi connectivity index (χ3n) is 24.2. The van der Waals surface area contributed by atoms with Crippen LogP contribution in [0.1, 0.15) is 243 Å². The molecule has 0 atom stereocenters. The molecule has 1 N–H and O–H groups in total. The maximum atomic E-state index is 13.5. The number of hydrogen-bond acceptors (Lipinski definition) is 4. The average molecular weight is 1290 g/mol. The Labute approximate surface area is 581 Å². The molecule has 494 valence electrons. The van der Waals surface area contributed by atoms with Crippen LogP contribution < -0.4 is 9.80 Å². The predicted octanol–water partition coefficient (Wildman–Crippen LogP) is 28.1. The second kappa shape index (κ2) is 26.8. The molecular weight excluding hydrogens is 1190 g/mol. The molecule has 98 heavy (non-hydrogen) atoms. The molecule has 1 aromatic heterocycles. The number of aromatic hydroxyl groups is 1. The fourth-order valence-corrected chi connectivity index (χ4v) is 19.1. The molecule has 4 nitrogen and oxygen atoms in total. The van der Waals surface area contributed by atoms with Gasteiger partial charge < -0.3 is 19.3 Å². The maximum absolute atomic E-state index is 13.5. The van der Waals surface area contributed by atoms with Crippen molar-refractivity contribution in [3.63, 3.8) is 0 Å². The van der Waals surface area contributed by atoms with Crippen molar-refractivity contribution in [2.75, 3.05) is 9.80 Å². The predicted molar refractivity (Wildman–Crippen MR) is 415 cm³/mol. The Morgan fingerprint density at radius 2 is 0.827 bits per heavy atom. The number of allylic oxidation sites excluding steroid dienone is 1. The number of nitrogens with zero attached hydrogens (tertiary/aromatic N) is 2. The standard InChI is InChI=1S/C94H96N2O2/c1-60(2)72-35-17-19-37-74(72)68-33-21-34-69(57-68)75-39-23-43-86(92(75)97)95(70-49-45-64(46-50-70)62-25-9-5-10-26-62)88-58-84(66-29-13-7-14-30-66)77-54-56-83-89(59-85(67-31-15-8-16-32-67)78-53-55-82(88)90(77)91(78)83)96(71-51-47-65(48-52-71)63-27-11-6-12-28-63)87-44-24-42-81-80-41-22-40-79(93(80)98-94(81)87)76-38-20-18-36-73(76)61(3)4/h17-23,33-41,43-63,66-67,97H,5-16,24-32,42H2,1-4H3. The van der Waals surface area contributed by atoms with Gasteiger partial charge >= 0.3 is 0 Å². The van der Waals surface area contributed by atoms with Crippen LogP contribution in [0.5, 0.6) is 5.75 Å². The molecule has 4 heteroatoms. The number of furan rings is 1. The Bertz CT molecular complexity index is 4920. The van der Waals surface area contributed by atoms with Gasteiger partial charge in [-0.05, 0) is 225 Å². The summed E-state index contributed by atoms with van der Waals surface area (Å²) in [5, 5.41) is 22.7. The van der Waals surface area contributed by atoms with Gasteiger partial charge in [0.15, 0.2) is 5.76 Å². The van der Waals surface area contributed by atoms with Crippen LogP contribution >= 0.6 is 0 Å². The molecule has 17 rings (SSSR count). The van der Waals surface area contributed by atoms with E-state index in [4.69, 9.17) is 4.42 Å². The highest BCUT2D eigenvalue weighted by Crippen LogP contribution is 2.56. The van der Waals surface area contributed by atoms with Crippen molar-refractivity contribution >= 4 is 77.4 Å². The first-order valence-corrected chi connectivity index (χ1v) is 38.2. The van der Waals surface area contributed by atoms with Gasteiger partial charge in [0.25, 0.3) is 0 Å². The van der Waals surface area contributed by atoms with E-state index in [0.717, 1.165) is 63.6 Å². The quantitative estimate of drug-likeness (QED) is 0.104. The molecular formula is C94H96N2O2. The summed E-state index contributed by atoms with van der Waals surface area (Å²) in [4.78, 5) is 5.13. The van der Waals surface area contributed by atoms with Crippen molar-refractivity contribution in [1.29, 1.82) is 0 Å². The minimum Gasteiger partial charge on any atom is -0.505 e. The van der Waals surface area contributed by atoms with Crippen molar-refractivity contribution in [2.45, 2.75) is 204 Å². The summed E-state index contributed by atoms with van der Waals surface area (Å²) < 4.78 is 7.64. The van der Waals surface area contributed by atoms with E-state index in [9.17, 15) is 5.11 Å². The van der Waals surface area contributed by atoms with Gasteiger partial charge in [0.2, 0.25) is 0 Å². The number of phenols is 1. The third-order valence-corrected chi connectivity index (χ3v) is 24.2. The third kappa shape index (κ3) is 11.3. The van der Waals surface area contributed by atoms with Crippen molar-refractivity contribution in [1.82, 2.24) is 0 Å². The van der Waals surface area contributed by atoms with E-state index in [1.54, 1.807) is 0 Å². The number of rotatable bonds is 15. The van der Waals surface area contributed by atoms with Crippen LogP contribution in [0.15, 0.2) is 205 Å². The molecule has 0 radical (unpaired) electrons. The zero-order valence-electron chi connectivity index (χ0n) is 58.3. The highest BCUT2D eigenvalue weighted by Gasteiger charge is 2.34. The first-order chi connectivity index (χ1) is 48.2. The second-order valence-corrected chi connectivity index (χ2v) is 30.7. The van der Waals surface area contributed by atoms with E-state index < -0.39 is 0 Å². The van der Waals surface area contributed by atoms with E-state index >= 15 is 0 Å². The van der Waals surface area contributed by atoms with Crippen molar-refractivity contribution in [2.24, 2.45) is 0 Å². The highest BCUT2D eigenvalue weighted by atomic mass is 16.3. The molecule has 12 aromatic rings. The molecule has 0 unspecified atom stereocenters. The van der Waals surface area contributed by atoms with Gasteiger partial charge in [-0.25, -0.2) is 0 Å². The zero-order chi connectivity index (χ0) is 66.0. The summed E-state index contributed by atoms with van der Waals surface area (Å²) in [5.74, 6) is 3.99. The number of aryl methyl sites for hydroxylation is 1. The van der Waals surface area contributed by atoms with Crippen LogP contribution in [0, 0.1) is 0 Å². The Hall–Kier alpha value is -8.86. The van der Waals surface area contributed by atoms with E-state index in [-0.39, 0.29) is 5.75 Å². The minimum atomic E-state index is 0.289. The van der Waals surface area contributed by atoms with Gasteiger partial charge in [0.05, 0.1) is 22.8 Å². The largest absolute Gasteiger partial charge is 0.505 e. The summed E-state index contributed by atoms with van der Waals surface area (Å²) >= 11 is 0. The van der Waals surface area contributed by atoms with E-state index in [2.05, 4.69) is 238 Å². The topological polar surface area (TPSA) is 39.9 Å². The Balaban J connectivity index is 0.920. The van der Waals surface area contributed by atoms with Gasteiger partial charge in [-0.3, -0.25) is 0 Å². The summed E-state index contributed by atoms with van der Waals surface area (Å²) in [6.07, 6.45) is 29.4. The lowest BCUT2D eigenvalue weighted by Crippen LogP contribution is -2.19. The van der Waals surface area contributed by atoms with Crippen molar-refractivity contribution in [3.8, 4) is 39.1 Å². The molecule has 0 aliphatic heterocycles. The number of hydrogen-bond donors (Lipinski definition) is 1. The molecule has 4 saturated carbocycles. The number of phenolic OH excluding ortho intramolecular Hbond substituents is 1. The fourth-order valence-electron chi connectivity index (χ4n) is 19.1. The van der Waals surface area contributed by atoms with Crippen LogP contribution in [0.4, 0.5) is 28.4 Å². The molecule has 0 bridgehead atoms. The Morgan fingerprint density at radius 3 is 1.39 bits per heavy atom. The van der Waals surface area contributed by atoms with E-state index in [1.807, 2.05) is 0 Å². The lowest BCUT2D eigenvalue weighted by atomic mass is 9.77. The lowest BCUT2D eigenvalue weighted by molar-refractivity contribution is 0.443. The summed E-state index contributed by atoms with van der Waals surface area (Å²) in [6.45, 7) is 9.18. The molecule has 4 fully saturated rings. The number of anilines is 5. The van der Waals surface area contributed by atoms with Gasteiger partial charge in [-0.1, -0.05) is 256 Å². The normalized spacial score (nSPS) is 17.0. The van der Waals surface area contributed by atoms with Crippen LogP contribution in [0.3, 0.4) is 0 Å². The average Bonchev–Trinajstić information content (AvgIpc) is 1.01. The molecule has 5 aliphatic rings. The van der Waals surface area contributed by atoms with E-state index in [1.165, 1.54) is 233 Å². The van der Waals surface area contributed by atoms with E-state index in [0.29, 0.717) is 35.5 Å². The van der Waals surface area contributed by atoms with Crippen LogP contribution in [0.2, 0.25) is 0 Å². The molecule has 0 amide bonds. The molecule has 5 aliphatic carbocycles. The first kappa shape index (κ1) is 62.6. The summed E-state index contributed by atoms with van der Waals surface area (Å²) in [7, 11) is 0. The van der Waals surface area contributed by atoms with Gasteiger partial charge in [-0.2, -0.15) is 0 Å². The molecule has 11 aromatic carbocycles. The Morgan fingerprint density at radius 1 is 0.378 bits per heavy atom. The zero-order valence-corrected chi connectivity index (χ0v) is 58.3. The summed E-state index contributed by atoms with van der Waals surface area (Å²) in [5.41, 5.74) is 23.9. The van der Waals surface area contributed by atoms with Crippen LogP contribution in [-0.2, 0) is 6.42 Å². The SMILES string of the molecule is CC(C)c1ccccc1-c1cccc(-c2cccc(N(c3ccc(C4CCCCC4)cc3)c3cc(C4CCCCC4)c4ccc5c(N(C6=CCCc7c6oc6c(-c8ccccc8C(C)C)cccc76)c6ccc(C7CCCCC7)cc6)cc(C6CCCCC6)c6ccc3c4c65)c2O)c1. The number of fused-ring (bicyclic) bond motifs is 3. The van der Waals surface area contributed by atoms with Gasteiger partial charge in [0, 0.05) is 44.2 Å². The molecule has 0 spiro atoms. The first-order valence-electron chi connectivity index (χ1n) is 38.2. The van der Waals surface area contributed by atoms with Gasteiger partial charge in [0.1, 0.15) is 11.3 Å². The monoisotopic (exact) mass is 1280 g/mol. The van der Waals surface area contributed by atoms with Crippen molar-refractivity contribution < 1.29 is 9.52 Å². The highest BCUT2D eigenvalue weighted by molar-refractivity contribution is 6.30. The fraction of sp³-hybridized carbons (Fsp3) is 0.340. The summed E-state index contributed by atoms with van der Waals surface area (Å²) in [6, 6.07) is 74.8. The molecule has 1 heterocycles. The molecule has 0 saturated heterocycles. The number of benzene rings is 11. The van der Waals surface area contributed by atoms with Crippen LogP contribution in [0.25, 0.3) is 82.4 Å². The maximum Gasteiger partial charge on any atom is 0.155 e. The minimum absolute atomic E-state index is 0.289. The Kier molecular flexibility index (Phi) is 17.1. The second-order valence-electron chi connectivity index (χ2n) is 30.7. The smallest absolute Gasteiger partial charge is 0.155 e. The van der Waals surface area contributed by atoms with Crippen molar-refractivity contribution in [3.05, 3.63) is 245 Å². The number of para-hydroxylation sites is 2. The van der Waals surface area contributed by atoms with Crippen LogP contribution in [-0.4, -0.2) is 5.11 Å². The lowest BCUT2D eigenvalue weighted by Gasteiger charge is -2.34. The van der Waals surface area contributed by atoms with Gasteiger partial charge in [-0.15, -0.1) is 0 Å².